The van der Waals surface area contributed by atoms with E-state index in [9.17, 15) is 4.79 Å². The molecule has 1 aliphatic carbocycles. The second kappa shape index (κ2) is 10.2. The van der Waals surface area contributed by atoms with E-state index in [1.807, 2.05) is 18.2 Å². The summed E-state index contributed by atoms with van der Waals surface area (Å²) >= 11 is 0. The van der Waals surface area contributed by atoms with E-state index in [0.29, 0.717) is 41.9 Å². The van der Waals surface area contributed by atoms with E-state index in [4.69, 9.17) is 18.9 Å². The smallest absolute Gasteiger partial charge is 0.225 e. The Morgan fingerprint density at radius 3 is 2.17 bits per heavy atom. The molecule has 7 nitrogen and oxygen atoms in total. The monoisotopic (exact) mass is 414 g/mol. The van der Waals surface area contributed by atoms with Gasteiger partial charge in [0.1, 0.15) is 5.75 Å². The zero-order chi connectivity index (χ0) is 21.5. The Morgan fingerprint density at radius 2 is 1.60 bits per heavy atom. The molecule has 2 aromatic rings. The summed E-state index contributed by atoms with van der Waals surface area (Å²) in [5.41, 5.74) is 1.74. The molecule has 162 valence electrons. The van der Waals surface area contributed by atoms with Gasteiger partial charge in [0.2, 0.25) is 11.7 Å². The number of anilines is 1. The highest BCUT2D eigenvalue weighted by molar-refractivity contribution is 5.91. The summed E-state index contributed by atoms with van der Waals surface area (Å²) < 4.78 is 21.5. The van der Waals surface area contributed by atoms with Gasteiger partial charge in [0.15, 0.2) is 11.5 Å². The van der Waals surface area contributed by atoms with Crippen LogP contribution >= 0.6 is 0 Å². The van der Waals surface area contributed by atoms with Crippen molar-refractivity contribution in [2.24, 2.45) is 0 Å². The molecule has 0 spiro atoms. The van der Waals surface area contributed by atoms with Gasteiger partial charge in [-0.2, -0.15) is 0 Å². The number of ether oxygens (including phenoxy) is 4. The van der Waals surface area contributed by atoms with Crippen molar-refractivity contribution < 1.29 is 23.7 Å². The van der Waals surface area contributed by atoms with Crippen molar-refractivity contribution in [1.29, 1.82) is 0 Å². The van der Waals surface area contributed by atoms with Crippen LogP contribution in [0.3, 0.4) is 0 Å². The predicted octanol–water partition coefficient (Wildman–Crippen LogP) is 3.71. The molecule has 0 aliphatic heterocycles. The highest BCUT2D eigenvalue weighted by atomic mass is 16.5. The van der Waals surface area contributed by atoms with Gasteiger partial charge in [-0.15, -0.1) is 0 Å². The quantitative estimate of drug-likeness (QED) is 0.605. The molecule has 1 saturated carbocycles. The van der Waals surface area contributed by atoms with E-state index >= 15 is 0 Å². The summed E-state index contributed by atoms with van der Waals surface area (Å²) in [5.74, 6) is 2.32. The topological polar surface area (TPSA) is 69.3 Å². The van der Waals surface area contributed by atoms with Crippen molar-refractivity contribution in [2.75, 3.05) is 40.3 Å². The summed E-state index contributed by atoms with van der Waals surface area (Å²) in [5, 5.41) is 2.94. The van der Waals surface area contributed by atoms with E-state index in [2.05, 4.69) is 16.3 Å². The molecule has 1 N–H and O–H groups in total. The second-order valence-corrected chi connectivity index (χ2v) is 7.23. The minimum absolute atomic E-state index is 0.0602. The Bertz CT molecular complexity index is 841. The molecule has 0 radical (unpaired) electrons. The maximum atomic E-state index is 12.6. The molecule has 1 fully saturated rings. The molecule has 1 amide bonds. The Balaban J connectivity index is 1.63. The first-order chi connectivity index (χ1) is 14.6. The Kier molecular flexibility index (Phi) is 7.41. The van der Waals surface area contributed by atoms with E-state index in [1.165, 1.54) is 12.8 Å². The number of methoxy groups -OCH3 is 4. The fraction of sp³-hybridized carbons (Fsp3) is 0.435. The number of carbonyl (C=O) groups is 1. The van der Waals surface area contributed by atoms with Crippen molar-refractivity contribution in [3.8, 4) is 23.0 Å². The normalized spacial score (nSPS) is 13.1. The molecule has 0 saturated heterocycles. The summed E-state index contributed by atoms with van der Waals surface area (Å²) in [4.78, 5) is 15.0. The first-order valence-corrected chi connectivity index (χ1v) is 10.0. The van der Waals surface area contributed by atoms with Crippen LogP contribution in [-0.2, 0) is 11.3 Å². The molecule has 0 aromatic heterocycles. The third-order valence-electron chi connectivity index (χ3n) is 5.20. The van der Waals surface area contributed by atoms with Crippen LogP contribution in [0.4, 0.5) is 5.69 Å². The fourth-order valence-electron chi connectivity index (χ4n) is 3.50. The zero-order valence-electron chi connectivity index (χ0n) is 18.1. The van der Waals surface area contributed by atoms with Gasteiger partial charge >= 0.3 is 0 Å². The maximum absolute atomic E-state index is 12.6. The fourth-order valence-corrected chi connectivity index (χ4v) is 3.50. The lowest BCUT2D eigenvalue weighted by Gasteiger charge is -2.23. The highest BCUT2D eigenvalue weighted by Gasteiger charge is 2.29. The largest absolute Gasteiger partial charge is 0.496 e. The number of hydrogen-bond donors (Lipinski definition) is 1. The van der Waals surface area contributed by atoms with Gasteiger partial charge in [-0.05, 0) is 18.9 Å². The molecule has 1 aliphatic rings. The summed E-state index contributed by atoms with van der Waals surface area (Å²) in [6.45, 7) is 1.45. The van der Waals surface area contributed by atoms with Crippen LogP contribution in [0.15, 0.2) is 36.4 Å². The summed E-state index contributed by atoms with van der Waals surface area (Å²) in [7, 11) is 6.33. The van der Waals surface area contributed by atoms with Crippen LogP contribution in [-0.4, -0.2) is 51.8 Å². The molecular weight excluding hydrogens is 384 g/mol. The van der Waals surface area contributed by atoms with Gasteiger partial charge < -0.3 is 24.3 Å². The minimum atomic E-state index is -0.0602. The molecule has 7 heteroatoms. The summed E-state index contributed by atoms with van der Waals surface area (Å²) in [6, 6.07) is 12.0. The highest BCUT2D eigenvalue weighted by Crippen LogP contribution is 2.40. The van der Waals surface area contributed by atoms with Crippen molar-refractivity contribution in [2.45, 2.75) is 31.8 Å². The molecule has 0 bridgehead atoms. The van der Waals surface area contributed by atoms with E-state index in [-0.39, 0.29) is 5.91 Å². The first-order valence-electron chi connectivity index (χ1n) is 10.0. The Hall–Kier alpha value is -2.93. The van der Waals surface area contributed by atoms with Gasteiger partial charge in [0, 0.05) is 48.9 Å². The summed E-state index contributed by atoms with van der Waals surface area (Å²) in [6.07, 6.45) is 2.73. The van der Waals surface area contributed by atoms with Crippen LogP contribution in [0.25, 0.3) is 0 Å². The Labute approximate surface area is 177 Å². The lowest BCUT2D eigenvalue weighted by atomic mass is 10.1. The number of rotatable bonds is 11. The van der Waals surface area contributed by atoms with Gasteiger partial charge in [0.05, 0.1) is 28.4 Å². The molecule has 2 aromatic carbocycles. The number of benzene rings is 2. The average Bonchev–Trinajstić information content (AvgIpc) is 3.61. The zero-order valence-corrected chi connectivity index (χ0v) is 18.1. The average molecular weight is 415 g/mol. The van der Waals surface area contributed by atoms with Crippen molar-refractivity contribution in [3.63, 3.8) is 0 Å². The number of hydrogen-bond acceptors (Lipinski definition) is 6. The van der Waals surface area contributed by atoms with E-state index in [1.54, 1.807) is 40.6 Å². The lowest BCUT2D eigenvalue weighted by Crippen LogP contribution is -2.29. The second-order valence-electron chi connectivity index (χ2n) is 7.23. The third-order valence-corrected chi connectivity index (χ3v) is 5.20. The van der Waals surface area contributed by atoms with Gasteiger partial charge in [-0.3, -0.25) is 9.69 Å². The van der Waals surface area contributed by atoms with Crippen LogP contribution < -0.4 is 24.3 Å². The number of nitrogens with zero attached hydrogens (tertiary/aromatic N) is 1. The molecule has 0 atom stereocenters. The standard InChI is InChI=1S/C23H30N2O5/c1-27-19-8-6-5-7-16(19)15-25(18-9-10-18)12-11-22(26)24-17-13-20(28-2)23(30-4)21(14-17)29-3/h5-8,13-14,18H,9-12,15H2,1-4H3,(H,24,26). The minimum Gasteiger partial charge on any atom is -0.496 e. The molecular formula is C23H30N2O5. The number of carbonyl (C=O) groups excluding carboxylic acids is 1. The third kappa shape index (κ3) is 5.36. The number of amides is 1. The van der Waals surface area contributed by atoms with E-state index < -0.39 is 0 Å². The van der Waals surface area contributed by atoms with Crippen LogP contribution in [0.5, 0.6) is 23.0 Å². The van der Waals surface area contributed by atoms with Crippen LogP contribution in [0.2, 0.25) is 0 Å². The lowest BCUT2D eigenvalue weighted by molar-refractivity contribution is -0.116. The van der Waals surface area contributed by atoms with Gasteiger partial charge in [-0.1, -0.05) is 18.2 Å². The SMILES string of the molecule is COc1ccccc1CN(CCC(=O)Nc1cc(OC)c(OC)c(OC)c1)C1CC1. The molecule has 0 unspecified atom stereocenters. The van der Waals surface area contributed by atoms with E-state index in [0.717, 1.165) is 17.9 Å². The molecule has 30 heavy (non-hydrogen) atoms. The van der Waals surface area contributed by atoms with Crippen LogP contribution in [0, 0.1) is 0 Å². The first kappa shape index (κ1) is 21.8. The maximum Gasteiger partial charge on any atom is 0.225 e. The molecule has 3 rings (SSSR count). The van der Waals surface area contributed by atoms with Crippen molar-refractivity contribution >= 4 is 11.6 Å². The van der Waals surface area contributed by atoms with Gasteiger partial charge in [0.25, 0.3) is 0 Å². The van der Waals surface area contributed by atoms with Crippen molar-refractivity contribution in [1.82, 2.24) is 4.90 Å². The predicted molar refractivity (Wildman–Crippen MR) is 116 cm³/mol. The number of para-hydroxylation sites is 1. The Morgan fingerprint density at radius 1 is 0.967 bits per heavy atom. The molecule has 0 heterocycles. The van der Waals surface area contributed by atoms with Crippen molar-refractivity contribution in [3.05, 3.63) is 42.0 Å². The van der Waals surface area contributed by atoms with Crippen LogP contribution in [0.1, 0.15) is 24.8 Å². The van der Waals surface area contributed by atoms with Gasteiger partial charge in [-0.25, -0.2) is 0 Å². The number of nitrogens with one attached hydrogen (secondary N) is 1.